The number of tetrazole rings is 1. The molecule has 7 heteroatoms. The molecule has 0 saturated carbocycles. The summed E-state index contributed by atoms with van der Waals surface area (Å²) in [7, 11) is 0. The highest BCUT2D eigenvalue weighted by atomic mass is 16.3. The summed E-state index contributed by atoms with van der Waals surface area (Å²) in [6.45, 7) is 3.39. The lowest BCUT2D eigenvalue weighted by molar-refractivity contribution is 0.265. The Kier molecular flexibility index (Phi) is 7.28. The Balaban J connectivity index is 1.37. The molecule has 0 fully saturated rings. The predicted octanol–water partition coefficient (Wildman–Crippen LogP) is 5.14. The number of aryl methyl sites for hydroxylation is 1. The molecule has 2 heterocycles. The van der Waals surface area contributed by atoms with Crippen LogP contribution in [-0.2, 0) is 26.1 Å². The van der Waals surface area contributed by atoms with E-state index in [-0.39, 0.29) is 6.61 Å². The van der Waals surface area contributed by atoms with Gasteiger partial charge in [0.15, 0.2) is 0 Å². The molecule has 182 valence electrons. The highest BCUT2D eigenvalue weighted by Gasteiger charge is 2.14. The van der Waals surface area contributed by atoms with Gasteiger partial charge in [-0.1, -0.05) is 92.2 Å². The Morgan fingerprint density at radius 1 is 0.806 bits per heavy atom. The van der Waals surface area contributed by atoms with Crippen molar-refractivity contribution in [1.82, 2.24) is 29.8 Å². The number of aliphatic hydroxyl groups excluding tert-OH is 1. The van der Waals surface area contributed by atoms with E-state index in [0.29, 0.717) is 24.7 Å². The average Bonchev–Trinajstić information content (AvgIpc) is 3.55. The second-order valence-corrected chi connectivity index (χ2v) is 8.89. The number of aliphatic hydroxyl groups is 1. The maximum atomic E-state index is 9.75. The minimum Gasteiger partial charge on any atom is -0.388 e. The minimum atomic E-state index is -0.0600. The summed E-state index contributed by atoms with van der Waals surface area (Å²) in [6, 6.07) is 26.8. The second kappa shape index (κ2) is 11.1. The molecule has 5 rings (SSSR count). The first-order valence-electron chi connectivity index (χ1n) is 12.4. The van der Waals surface area contributed by atoms with Gasteiger partial charge in [0.1, 0.15) is 12.4 Å². The van der Waals surface area contributed by atoms with Crippen LogP contribution in [0.25, 0.3) is 22.5 Å². The molecule has 0 atom stereocenters. The fourth-order valence-electron chi connectivity index (χ4n) is 4.40. The Bertz CT molecular complexity index is 1410. The zero-order valence-corrected chi connectivity index (χ0v) is 20.5. The molecule has 7 nitrogen and oxygen atoms in total. The van der Waals surface area contributed by atoms with Gasteiger partial charge in [-0.15, -0.1) is 10.2 Å². The van der Waals surface area contributed by atoms with Crippen LogP contribution >= 0.6 is 0 Å². The van der Waals surface area contributed by atoms with Gasteiger partial charge >= 0.3 is 0 Å². The van der Waals surface area contributed by atoms with Crippen molar-refractivity contribution in [2.24, 2.45) is 0 Å². The molecule has 0 aliphatic rings. The van der Waals surface area contributed by atoms with Crippen molar-refractivity contribution in [2.75, 3.05) is 0 Å². The van der Waals surface area contributed by atoms with Gasteiger partial charge in [-0.05, 0) is 40.3 Å². The summed E-state index contributed by atoms with van der Waals surface area (Å²) in [5, 5.41) is 23.0. The SMILES string of the molecule is CCCCc1cnc(CO)n1Cc1ccc(-c2ccccc2-c2nnn(Cc3ccccc3)n2)cc1. The van der Waals surface area contributed by atoms with E-state index in [9.17, 15) is 5.11 Å². The van der Waals surface area contributed by atoms with Crippen molar-refractivity contribution in [3.8, 4) is 22.5 Å². The molecule has 0 spiro atoms. The lowest BCUT2D eigenvalue weighted by Crippen LogP contribution is -2.09. The molecule has 36 heavy (non-hydrogen) atoms. The van der Waals surface area contributed by atoms with Crippen molar-refractivity contribution < 1.29 is 5.11 Å². The molecule has 0 bridgehead atoms. The molecule has 2 aromatic heterocycles. The number of benzene rings is 3. The van der Waals surface area contributed by atoms with Crippen LogP contribution in [-0.4, -0.2) is 34.9 Å². The molecule has 1 N–H and O–H groups in total. The third-order valence-corrected chi connectivity index (χ3v) is 6.34. The quantitative estimate of drug-likeness (QED) is 0.301. The molecule has 3 aromatic carbocycles. The summed E-state index contributed by atoms with van der Waals surface area (Å²) in [4.78, 5) is 6.04. The topological polar surface area (TPSA) is 81.7 Å². The van der Waals surface area contributed by atoms with Crippen LogP contribution in [0.3, 0.4) is 0 Å². The van der Waals surface area contributed by atoms with Gasteiger partial charge in [-0.25, -0.2) is 4.98 Å². The molecule has 5 aromatic rings. The van der Waals surface area contributed by atoms with E-state index in [1.54, 1.807) is 4.80 Å². The van der Waals surface area contributed by atoms with Crippen molar-refractivity contribution in [3.05, 3.63) is 108 Å². The molecule has 0 unspecified atom stereocenters. The fourth-order valence-corrected chi connectivity index (χ4v) is 4.40. The highest BCUT2D eigenvalue weighted by molar-refractivity contribution is 5.80. The van der Waals surface area contributed by atoms with Gasteiger partial charge in [0.2, 0.25) is 5.82 Å². The summed E-state index contributed by atoms with van der Waals surface area (Å²) >= 11 is 0. The summed E-state index contributed by atoms with van der Waals surface area (Å²) in [5.41, 5.74) is 6.56. The van der Waals surface area contributed by atoms with Gasteiger partial charge in [0, 0.05) is 24.0 Å². The lowest BCUT2D eigenvalue weighted by Gasteiger charge is -2.12. The van der Waals surface area contributed by atoms with Crippen LogP contribution in [0, 0.1) is 0 Å². The van der Waals surface area contributed by atoms with E-state index in [4.69, 9.17) is 0 Å². The summed E-state index contributed by atoms with van der Waals surface area (Å²) in [6.07, 6.45) is 5.09. The van der Waals surface area contributed by atoms with Gasteiger partial charge in [0.05, 0.1) is 6.54 Å². The van der Waals surface area contributed by atoms with Crippen LogP contribution in [0.5, 0.6) is 0 Å². The van der Waals surface area contributed by atoms with Crippen molar-refractivity contribution in [1.29, 1.82) is 0 Å². The zero-order chi connectivity index (χ0) is 24.7. The maximum absolute atomic E-state index is 9.75. The number of hydrogen-bond donors (Lipinski definition) is 1. The fraction of sp³-hybridized carbons (Fsp3) is 0.241. The largest absolute Gasteiger partial charge is 0.388 e. The maximum Gasteiger partial charge on any atom is 0.205 e. The normalized spacial score (nSPS) is 11.2. The number of imidazole rings is 1. The minimum absolute atomic E-state index is 0.0600. The van der Waals surface area contributed by atoms with E-state index in [1.807, 2.05) is 42.6 Å². The van der Waals surface area contributed by atoms with Crippen LogP contribution < -0.4 is 0 Å². The van der Waals surface area contributed by atoms with Crippen LogP contribution in [0.2, 0.25) is 0 Å². The molecule has 0 saturated heterocycles. The van der Waals surface area contributed by atoms with Crippen LogP contribution in [0.15, 0.2) is 85.1 Å². The zero-order valence-electron chi connectivity index (χ0n) is 20.5. The number of nitrogens with zero attached hydrogens (tertiary/aromatic N) is 6. The first-order chi connectivity index (χ1) is 17.7. The number of unbranched alkanes of at least 4 members (excludes halogenated alkanes) is 1. The van der Waals surface area contributed by atoms with Crippen LogP contribution in [0.1, 0.15) is 42.4 Å². The number of hydrogen-bond acceptors (Lipinski definition) is 5. The standard InChI is InChI=1S/C29H30N6O/c1-2-3-11-25-18-30-28(21-36)34(25)19-23-14-16-24(17-15-23)26-12-7-8-13-27(26)29-31-33-35(32-29)20-22-9-5-4-6-10-22/h4-10,12-18,36H,2-3,11,19-21H2,1H3. The van der Waals surface area contributed by atoms with Crippen molar-refractivity contribution in [3.63, 3.8) is 0 Å². The first-order valence-corrected chi connectivity index (χ1v) is 12.4. The Labute approximate surface area is 211 Å². The van der Waals surface area contributed by atoms with Crippen LogP contribution in [0.4, 0.5) is 0 Å². The Morgan fingerprint density at radius 3 is 2.28 bits per heavy atom. The third kappa shape index (κ3) is 5.26. The summed E-state index contributed by atoms with van der Waals surface area (Å²) in [5.74, 6) is 1.32. The van der Waals surface area contributed by atoms with E-state index >= 15 is 0 Å². The number of aromatic nitrogens is 6. The molecule has 0 aliphatic heterocycles. The van der Waals surface area contributed by atoms with Gasteiger partial charge in [0.25, 0.3) is 0 Å². The van der Waals surface area contributed by atoms with E-state index in [1.165, 1.54) is 5.69 Å². The molecule has 0 amide bonds. The summed E-state index contributed by atoms with van der Waals surface area (Å²) < 4.78 is 2.13. The molecule has 0 aliphatic carbocycles. The van der Waals surface area contributed by atoms with Crippen molar-refractivity contribution in [2.45, 2.75) is 45.9 Å². The third-order valence-electron chi connectivity index (χ3n) is 6.34. The van der Waals surface area contributed by atoms with E-state index < -0.39 is 0 Å². The van der Waals surface area contributed by atoms with Gasteiger partial charge < -0.3 is 9.67 Å². The van der Waals surface area contributed by atoms with E-state index in [2.05, 4.69) is 74.4 Å². The average molecular weight is 479 g/mol. The molecule has 0 radical (unpaired) electrons. The highest BCUT2D eigenvalue weighted by Crippen LogP contribution is 2.30. The molecular weight excluding hydrogens is 448 g/mol. The Morgan fingerprint density at radius 2 is 1.53 bits per heavy atom. The smallest absolute Gasteiger partial charge is 0.205 e. The van der Waals surface area contributed by atoms with Crippen molar-refractivity contribution >= 4 is 0 Å². The molecular formula is C29H30N6O. The predicted molar refractivity (Wildman–Crippen MR) is 140 cm³/mol. The monoisotopic (exact) mass is 478 g/mol. The Hall–Kier alpha value is -4.10. The number of rotatable bonds is 10. The first kappa shape index (κ1) is 23.6. The second-order valence-electron chi connectivity index (χ2n) is 8.89. The van der Waals surface area contributed by atoms with Gasteiger partial charge in [-0.2, -0.15) is 4.80 Å². The lowest BCUT2D eigenvalue weighted by atomic mass is 9.98. The van der Waals surface area contributed by atoms with Gasteiger partial charge in [-0.3, -0.25) is 0 Å². The van der Waals surface area contributed by atoms with E-state index in [0.717, 1.165) is 47.1 Å².